The lowest BCUT2D eigenvalue weighted by Crippen LogP contribution is -2.31. The number of fused-ring (bicyclic) bond motifs is 1. The van der Waals surface area contributed by atoms with Gasteiger partial charge in [0.2, 0.25) is 5.91 Å². The van der Waals surface area contributed by atoms with Crippen LogP contribution in [0.5, 0.6) is 5.75 Å². The maximum Gasteiger partial charge on any atom is 0.224 e. The predicted molar refractivity (Wildman–Crippen MR) is 119 cm³/mol. The van der Waals surface area contributed by atoms with E-state index in [1.54, 1.807) is 7.11 Å². The molecular weight excluding hydrogens is 374 g/mol. The third kappa shape index (κ3) is 4.62. The number of nitrogens with one attached hydrogen (secondary N) is 1. The van der Waals surface area contributed by atoms with Crippen molar-refractivity contribution in [3.05, 3.63) is 88.6 Å². The molecule has 2 aromatic carbocycles. The Kier molecular flexibility index (Phi) is 5.98. The van der Waals surface area contributed by atoms with Crippen LogP contribution in [0, 0.1) is 6.92 Å². The SMILES string of the molecule is COc1cc(CC(=O)NCc2ccc(N3CCc4ccccc4C3)nc2)ccc1C. The molecule has 3 aromatic rings. The van der Waals surface area contributed by atoms with Crippen molar-refractivity contribution in [1.29, 1.82) is 0 Å². The highest BCUT2D eigenvalue weighted by Gasteiger charge is 2.16. The number of hydrogen-bond acceptors (Lipinski definition) is 4. The maximum absolute atomic E-state index is 12.3. The van der Waals surface area contributed by atoms with Crippen molar-refractivity contribution in [2.45, 2.75) is 32.9 Å². The van der Waals surface area contributed by atoms with Crippen LogP contribution in [0.25, 0.3) is 0 Å². The van der Waals surface area contributed by atoms with Crippen LogP contribution >= 0.6 is 0 Å². The number of aryl methyl sites for hydroxylation is 1. The van der Waals surface area contributed by atoms with Crippen LogP contribution in [0.3, 0.4) is 0 Å². The van der Waals surface area contributed by atoms with E-state index in [0.717, 1.165) is 47.8 Å². The molecule has 4 rings (SSSR count). The number of carbonyl (C=O) groups is 1. The van der Waals surface area contributed by atoms with E-state index in [4.69, 9.17) is 4.74 Å². The number of anilines is 1. The molecule has 0 aliphatic carbocycles. The molecule has 0 fully saturated rings. The monoisotopic (exact) mass is 401 g/mol. The summed E-state index contributed by atoms with van der Waals surface area (Å²) in [5.74, 6) is 1.77. The minimum absolute atomic E-state index is 0.0161. The van der Waals surface area contributed by atoms with Gasteiger partial charge in [-0.3, -0.25) is 4.79 Å². The van der Waals surface area contributed by atoms with E-state index < -0.39 is 0 Å². The summed E-state index contributed by atoms with van der Waals surface area (Å²) in [6.45, 7) is 4.32. The molecule has 1 aliphatic heterocycles. The summed E-state index contributed by atoms with van der Waals surface area (Å²) >= 11 is 0. The van der Waals surface area contributed by atoms with E-state index in [1.807, 2.05) is 43.5 Å². The van der Waals surface area contributed by atoms with Gasteiger partial charge in [-0.15, -0.1) is 0 Å². The van der Waals surface area contributed by atoms with Crippen LogP contribution < -0.4 is 15.0 Å². The van der Waals surface area contributed by atoms with Gasteiger partial charge in [-0.05, 0) is 53.3 Å². The fourth-order valence-electron chi connectivity index (χ4n) is 3.82. The summed E-state index contributed by atoms with van der Waals surface area (Å²) in [6.07, 6.45) is 3.22. The first-order valence-corrected chi connectivity index (χ1v) is 10.3. The molecule has 1 aliphatic rings. The summed E-state index contributed by atoms with van der Waals surface area (Å²) in [5.41, 5.74) is 5.79. The number of ether oxygens (including phenoxy) is 1. The van der Waals surface area contributed by atoms with Crippen molar-refractivity contribution in [2.24, 2.45) is 0 Å². The smallest absolute Gasteiger partial charge is 0.224 e. The number of benzene rings is 2. The largest absolute Gasteiger partial charge is 0.496 e. The number of amides is 1. The Balaban J connectivity index is 1.31. The van der Waals surface area contributed by atoms with Crippen molar-refractivity contribution in [2.75, 3.05) is 18.6 Å². The quantitative estimate of drug-likeness (QED) is 0.682. The summed E-state index contributed by atoms with van der Waals surface area (Å²) in [4.78, 5) is 19.2. The van der Waals surface area contributed by atoms with Gasteiger partial charge < -0.3 is 15.0 Å². The number of methoxy groups -OCH3 is 1. The Morgan fingerprint density at radius 2 is 1.90 bits per heavy atom. The third-order valence-electron chi connectivity index (χ3n) is 5.59. The van der Waals surface area contributed by atoms with Crippen LogP contribution in [0.15, 0.2) is 60.8 Å². The molecule has 154 valence electrons. The first-order chi connectivity index (χ1) is 14.6. The Hall–Kier alpha value is -3.34. The number of nitrogens with zero attached hydrogens (tertiary/aromatic N) is 2. The second-order valence-corrected chi connectivity index (χ2v) is 7.72. The molecule has 2 heterocycles. The number of aromatic nitrogens is 1. The highest BCUT2D eigenvalue weighted by molar-refractivity contribution is 5.78. The lowest BCUT2D eigenvalue weighted by molar-refractivity contribution is -0.120. The molecule has 0 bridgehead atoms. The van der Waals surface area contributed by atoms with Crippen molar-refractivity contribution in [1.82, 2.24) is 10.3 Å². The van der Waals surface area contributed by atoms with Gasteiger partial charge in [0.1, 0.15) is 11.6 Å². The molecule has 0 spiro atoms. The van der Waals surface area contributed by atoms with Crippen molar-refractivity contribution in [3.63, 3.8) is 0 Å². The highest BCUT2D eigenvalue weighted by atomic mass is 16.5. The van der Waals surface area contributed by atoms with E-state index >= 15 is 0 Å². The van der Waals surface area contributed by atoms with Crippen LogP contribution in [-0.2, 0) is 30.7 Å². The summed E-state index contributed by atoms with van der Waals surface area (Å²) in [7, 11) is 1.64. The average Bonchev–Trinajstić information content (AvgIpc) is 2.79. The molecule has 0 saturated heterocycles. The molecule has 0 atom stereocenters. The molecule has 0 saturated carbocycles. The zero-order valence-electron chi connectivity index (χ0n) is 17.5. The molecule has 1 aromatic heterocycles. The van der Waals surface area contributed by atoms with Gasteiger partial charge in [0.15, 0.2) is 0 Å². The molecule has 30 heavy (non-hydrogen) atoms. The van der Waals surface area contributed by atoms with E-state index in [0.29, 0.717) is 13.0 Å². The Labute approximate surface area is 177 Å². The first kappa shape index (κ1) is 20.0. The number of rotatable bonds is 6. The summed E-state index contributed by atoms with van der Waals surface area (Å²) < 4.78 is 5.33. The van der Waals surface area contributed by atoms with Gasteiger partial charge in [0.05, 0.1) is 13.5 Å². The van der Waals surface area contributed by atoms with Crippen LogP contribution in [0.2, 0.25) is 0 Å². The Morgan fingerprint density at radius 1 is 1.10 bits per heavy atom. The van der Waals surface area contributed by atoms with Crippen molar-refractivity contribution >= 4 is 11.7 Å². The minimum atomic E-state index is -0.0161. The molecule has 1 N–H and O–H groups in total. The van der Waals surface area contributed by atoms with E-state index in [-0.39, 0.29) is 5.91 Å². The zero-order chi connectivity index (χ0) is 20.9. The predicted octanol–water partition coefficient (Wildman–Crippen LogP) is 3.82. The summed E-state index contributed by atoms with van der Waals surface area (Å²) in [6, 6.07) is 18.5. The second-order valence-electron chi connectivity index (χ2n) is 7.72. The van der Waals surface area contributed by atoms with Gasteiger partial charge in [-0.1, -0.05) is 42.5 Å². The van der Waals surface area contributed by atoms with Gasteiger partial charge in [0.25, 0.3) is 0 Å². The Bertz CT molecular complexity index is 1030. The topological polar surface area (TPSA) is 54.5 Å². The van der Waals surface area contributed by atoms with Gasteiger partial charge in [-0.2, -0.15) is 0 Å². The molecular formula is C25H27N3O2. The molecule has 5 nitrogen and oxygen atoms in total. The van der Waals surface area contributed by atoms with Gasteiger partial charge >= 0.3 is 0 Å². The minimum Gasteiger partial charge on any atom is -0.496 e. The zero-order valence-corrected chi connectivity index (χ0v) is 17.5. The molecule has 1 amide bonds. The van der Waals surface area contributed by atoms with Crippen LogP contribution in [0.1, 0.15) is 27.8 Å². The van der Waals surface area contributed by atoms with E-state index in [2.05, 4.69) is 39.5 Å². The van der Waals surface area contributed by atoms with Gasteiger partial charge in [0, 0.05) is 25.8 Å². The standard InChI is InChI=1S/C25H27N3O2/c1-18-7-8-19(13-23(18)30-2)14-25(29)27-16-20-9-10-24(26-15-20)28-12-11-21-5-3-4-6-22(21)17-28/h3-10,13,15H,11-12,14,16-17H2,1-2H3,(H,27,29). The van der Waals surface area contributed by atoms with E-state index in [1.165, 1.54) is 11.1 Å². The van der Waals surface area contributed by atoms with Crippen molar-refractivity contribution in [3.8, 4) is 5.75 Å². The first-order valence-electron chi connectivity index (χ1n) is 10.3. The number of pyridine rings is 1. The third-order valence-corrected chi connectivity index (χ3v) is 5.59. The average molecular weight is 402 g/mol. The molecule has 0 radical (unpaired) electrons. The lowest BCUT2D eigenvalue weighted by Gasteiger charge is -2.29. The van der Waals surface area contributed by atoms with Crippen LogP contribution in [-0.4, -0.2) is 24.5 Å². The normalized spacial score (nSPS) is 12.9. The Morgan fingerprint density at radius 3 is 2.67 bits per heavy atom. The van der Waals surface area contributed by atoms with Crippen LogP contribution in [0.4, 0.5) is 5.82 Å². The fourth-order valence-corrected chi connectivity index (χ4v) is 3.82. The lowest BCUT2D eigenvalue weighted by atomic mass is 10.00. The molecule has 5 heteroatoms. The number of hydrogen-bond donors (Lipinski definition) is 1. The van der Waals surface area contributed by atoms with E-state index in [9.17, 15) is 4.79 Å². The van der Waals surface area contributed by atoms with Gasteiger partial charge in [-0.25, -0.2) is 4.98 Å². The van der Waals surface area contributed by atoms with Crippen molar-refractivity contribution < 1.29 is 9.53 Å². The fraction of sp³-hybridized carbons (Fsp3) is 0.280. The maximum atomic E-state index is 12.3. The second kappa shape index (κ2) is 8.99. The number of carbonyl (C=O) groups excluding carboxylic acids is 1. The summed E-state index contributed by atoms with van der Waals surface area (Å²) in [5, 5.41) is 2.98. The highest BCUT2D eigenvalue weighted by Crippen LogP contribution is 2.23. The molecule has 0 unspecified atom stereocenters.